The van der Waals surface area contributed by atoms with Gasteiger partial charge < -0.3 is 5.32 Å². The Bertz CT molecular complexity index is 328. The number of halogens is 2. The predicted octanol–water partition coefficient (Wildman–Crippen LogP) is 4.94. The molecule has 1 aromatic carbocycles. The van der Waals surface area contributed by atoms with Crippen LogP contribution < -0.4 is 5.32 Å². The maximum Gasteiger partial charge on any atom is 0.0410 e. The van der Waals surface area contributed by atoms with Gasteiger partial charge in [-0.25, -0.2) is 0 Å². The lowest BCUT2D eigenvalue weighted by molar-refractivity contribution is 0.492. The zero-order valence-corrected chi connectivity index (χ0v) is 12.2. The Morgan fingerprint density at radius 3 is 2.69 bits per heavy atom. The Balaban J connectivity index is 2.85. The van der Waals surface area contributed by atoms with Crippen LogP contribution in [-0.4, -0.2) is 6.54 Å². The normalized spacial score (nSPS) is 12.8. The van der Waals surface area contributed by atoms with Crippen molar-refractivity contribution in [3.63, 3.8) is 0 Å². The van der Waals surface area contributed by atoms with E-state index in [0.29, 0.717) is 6.04 Å². The summed E-state index contributed by atoms with van der Waals surface area (Å²) in [6.07, 6.45) is 3.46. The van der Waals surface area contributed by atoms with E-state index >= 15 is 0 Å². The third kappa shape index (κ3) is 4.08. The monoisotopic (exact) mass is 303 g/mol. The third-order valence-corrected chi connectivity index (χ3v) is 3.51. The molecule has 0 amide bonds. The molecule has 1 rings (SSSR count). The van der Waals surface area contributed by atoms with Gasteiger partial charge in [-0.2, -0.15) is 0 Å². The summed E-state index contributed by atoms with van der Waals surface area (Å²) in [6.45, 7) is 5.44. The van der Waals surface area contributed by atoms with Gasteiger partial charge in [-0.15, -0.1) is 0 Å². The molecule has 16 heavy (non-hydrogen) atoms. The van der Waals surface area contributed by atoms with Crippen molar-refractivity contribution in [3.05, 3.63) is 33.3 Å². The Morgan fingerprint density at radius 2 is 2.06 bits per heavy atom. The Morgan fingerprint density at radius 1 is 1.31 bits per heavy atom. The minimum Gasteiger partial charge on any atom is -0.310 e. The lowest BCUT2D eigenvalue weighted by atomic mass is 10.0. The first-order valence-corrected chi connectivity index (χ1v) is 7.04. The van der Waals surface area contributed by atoms with Crippen molar-refractivity contribution in [2.75, 3.05) is 6.54 Å². The fourth-order valence-corrected chi connectivity index (χ4v) is 2.46. The van der Waals surface area contributed by atoms with Gasteiger partial charge in [0.25, 0.3) is 0 Å². The first kappa shape index (κ1) is 14.0. The van der Waals surface area contributed by atoms with Crippen molar-refractivity contribution < 1.29 is 0 Å². The van der Waals surface area contributed by atoms with Crippen molar-refractivity contribution in [2.24, 2.45) is 0 Å². The minimum absolute atomic E-state index is 0.401. The Hall–Kier alpha value is -0.0500. The summed E-state index contributed by atoms with van der Waals surface area (Å²) in [4.78, 5) is 0. The Kier molecular flexibility index (Phi) is 6.40. The average Bonchev–Trinajstić information content (AvgIpc) is 2.28. The lowest BCUT2D eigenvalue weighted by Crippen LogP contribution is -2.22. The van der Waals surface area contributed by atoms with Gasteiger partial charge in [0.2, 0.25) is 0 Å². The molecule has 0 fully saturated rings. The van der Waals surface area contributed by atoms with Gasteiger partial charge in [0, 0.05) is 15.5 Å². The number of rotatable bonds is 6. The van der Waals surface area contributed by atoms with Crippen LogP contribution in [0.4, 0.5) is 0 Å². The highest BCUT2D eigenvalue weighted by atomic mass is 79.9. The standard InChI is InChI=1S/C13H19BrClN/c1-3-5-13(16-8-4-2)11-9-10(15)6-7-12(11)14/h6-7,9,13,16H,3-5,8H2,1-2H3. The predicted molar refractivity (Wildman–Crippen MR) is 75.1 cm³/mol. The molecule has 1 nitrogen and oxygen atoms in total. The number of nitrogens with one attached hydrogen (secondary N) is 1. The molecule has 0 aliphatic rings. The Labute approximate surface area is 112 Å². The van der Waals surface area contributed by atoms with Crippen LogP contribution in [0.15, 0.2) is 22.7 Å². The molecule has 0 aromatic heterocycles. The van der Waals surface area contributed by atoms with E-state index in [-0.39, 0.29) is 0 Å². The quantitative estimate of drug-likeness (QED) is 0.784. The topological polar surface area (TPSA) is 12.0 Å². The van der Waals surface area contributed by atoms with Crippen LogP contribution in [0.3, 0.4) is 0 Å². The van der Waals surface area contributed by atoms with E-state index in [1.54, 1.807) is 0 Å². The van der Waals surface area contributed by atoms with Crippen molar-refractivity contribution >= 4 is 27.5 Å². The number of hydrogen-bond donors (Lipinski definition) is 1. The van der Waals surface area contributed by atoms with Crippen LogP contribution in [0.1, 0.15) is 44.7 Å². The smallest absolute Gasteiger partial charge is 0.0410 e. The summed E-state index contributed by atoms with van der Waals surface area (Å²) in [5.74, 6) is 0. The van der Waals surface area contributed by atoms with E-state index in [0.717, 1.165) is 28.9 Å². The lowest BCUT2D eigenvalue weighted by Gasteiger charge is -2.20. The van der Waals surface area contributed by atoms with Gasteiger partial charge in [-0.3, -0.25) is 0 Å². The fraction of sp³-hybridized carbons (Fsp3) is 0.538. The molecule has 0 radical (unpaired) electrons. The first-order valence-electron chi connectivity index (χ1n) is 5.87. The number of hydrogen-bond acceptors (Lipinski definition) is 1. The van der Waals surface area contributed by atoms with Crippen LogP contribution in [0.2, 0.25) is 5.02 Å². The van der Waals surface area contributed by atoms with Gasteiger partial charge in [0.1, 0.15) is 0 Å². The first-order chi connectivity index (χ1) is 7.69. The van der Waals surface area contributed by atoms with E-state index in [4.69, 9.17) is 11.6 Å². The van der Waals surface area contributed by atoms with Crippen LogP contribution in [0, 0.1) is 0 Å². The summed E-state index contributed by atoms with van der Waals surface area (Å²) in [5, 5.41) is 4.37. The molecule has 0 spiro atoms. The molecule has 3 heteroatoms. The largest absolute Gasteiger partial charge is 0.310 e. The zero-order valence-electron chi connectivity index (χ0n) is 9.89. The minimum atomic E-state index is 0.401. The van der Waals surface area contributed by atoms with Crippen molar-refractivity contribution in [3.8, 4) is 0 Å². The molecule has 1 atom stereocenters. The van der Waals surface area contributed by atoms with Crippen molar-refractivity contribution in [2.45, 2.75) is 39.2 Å². The van der Waals surface area contributed by atoms with E-state index < -0.39 is 0 Å². The van der Waals surface area contributed by atoms with Gasteiger partial charge in [0.15, 0.2) is 0 Å². The van der Waals surface area contributed by atoms with Gasteiger partial charge in [-0.1, -0.05) is 47.8 Å². The highest BCUT2D eigenvalue weighted by Crippen LogP contribution is 2.29. The second-order valence-corrected chi connectivity index (χ2v) is 5.25. The van der Waals surface area contributed by atoms with Crippen LogP contribution >= 0.6 is 27.5 Å². The summed E-state index contributed by atoms with van der Waals surface area (Å²) in [5.41, 5.74) is 1.27. The van der Waals surface area contributed by atoms with Crippen LogP contribution in [0.5, 0.6) is 0 Å². The van der Waals surface area contributed by atoms with E-state index in [1.807, 2.05) is 12.1 Å². The fourth-order valence-electron chi connectivity index (χ4n) is 1.76. The highest BCUT2D eigenvalue weighted by molar-refractivity contribution is 9.10. The molecular formula is C13H19BrClN. The molecule has 0 heterocycles. The molecule has 1 aromatic rings. The van der Waals surface area contributed by atoms with E-state index in [2.05, 4.69) is 41.2 Å². The van der Waals surface area contributed by atoms with Gasteiger partial charge in [-0.05, 0) is 43.1 Å². The van der Waals surface area contributed by atoms with Gasteiger partial charge >= 0.3 is 0 Å². The van der Waals surface area contributed by atoms with Crippen LogP contribution in [0.25, 0.3) is 0 Å². The SMILES string of the molecule is CCCNC(CCC)c1cc(Cl)ccc1Br. The second kappa shape index (κ2) is 7.31. The molecule has 90 valence electrons. The molecule has 1 N–H and O–H groups in total. The summed E-state index contributed by atoms with van der Waals surface area (Å²) < 4.78 is 1.14. The molecule has 0 aliphatic heterocycles. The molecule has 1 unspecified atom stereocenters. The van der Waals surface area contributed by atoms with Crippen molar-refractivity contribution in [1.29, 1.82) is 0 Å². The number of benzene rings is 1. The highest BCUT2D eigenvalue weighted by Gasteiger charge is 2.13. The van der Waals surface area contributed by atoms with E-state index in [9.17, 15) is 0 Å². The second-order valence-electron chi connectivity index (χ2n) is 3.96. The average molecular weight is 305 g/mol. The summed E-state index contributed by atoms with van der Waals surface area (Å²) in [7, 11) is 0. The zero-order chi connectivity index (χ0) is 12.0. The molecular weight excluding hydrogens is 286 g/mol. The molecule has 0 saturated carbocycles. The maximum atomic E-state index is 6.05. The van der Waals surface area contributed by atoms with Crippen molar-refractivity contribution in [1.82, 2.24) is 5.32 Å². The van der Waals surface area contributed by atoms with E-state index in [1.165, 1.54) is 12.0 Å². The summed E-state index contributed by atoms with van der Waals surface area (Å²) in [6, 6.07) is 6.39. The molecule has 0 bridgehead atoms. The van der Waals surface area contributed by atoms with Gasteiger partial charge in [0.05, 0.1) is 0 Å². The third-order valence-electron chi connectivity index (χ3n) is 2.55. The van der Waals surface area contributed by atoms with Crippen LogP contribution in [-0.2, 0) is 0 Å². The maximum absolute atomic E-state index is 6.05. The summed E-state index contributed by atoms with van der Waals surface area (Å²) >= 11 is 9.64. The molecule has 0 aliphatic carbocycles. The molecule has 0 saturated heterocycles.